The smallest absolute Gasteiger partial charge is 0.271 e. The van der Waals surface area contributed by atoms with E-state index < -0.39 is 39.5 Å². The fourth-order valence-electron chi connectivity index (χ4n) is 1.35. The summed E-state index contributed by atoms with van der Waals surface area (Å²) >= 11 is 0. The Balaban J connectivity index is 3.17. The van der Waals surface area contributed by atoms with E-state index >= 15 is 0 Å². The molecule has 0 amide bonds. The normalized spacial score (nSPS) is 12.1. The first-order valence-electron chi connectivity index (χ1n) is 5.49. The highest BCUT2D eigenvalue weighted by atomic mass is 19.4. The van der Waals surface area contributed by atoms with Crippen LogP contribution in [0.2, 0.25) is 0 Å². The van der Waals surface area contributed by atoms with Crippen LogP contribution in [-0.2, 0) is 0 Å². The first-order valence-corrected chi connectivity index (χ1v) is 5.49. The van der Waals surface area contributed by atoms with Crippen LogP contribution < -0.4 is 5.43 Å². The van der Waals surface area contributed by atoms with Crippen LogP contribution in [0.4, 0.5) is 30.2 Å². The molecule has 1 aromatic rings. The molecule has 1 N–H and O–H groups in total. The number of non-ortho nitro benzene ring substituents is 1. The maximum absolute atomic E-state index is 12.5. The minimum Gasteiger partial charge on any atom is -0.271 e. The topological polar surface area (TPSA) is 111 Å². The van der Waals surface area contributed by atoms with Crippen LogP contribution in [0.5, 0.6) is 0 Å². The third-order valence-electron chi connectivity index (χ3n) is 2.36. The van der Waals surface area contributed by atoms with Crippen LogP contribution in [0.1, 0.15) is 13.3 Å². The van der Waals surface area contributed by atoms with Gasteiger partial charge >= 0.3 is 11.9 Å². The summed E-state index contributed by atoms with van der Waals surface area (Å²) in [4.78, 5) is 19.5. The second kappa shape index (κ2) is 6.15. The molecular weight excluding hydrogens is 297 g/mol. The van der Waals surface area contributed by atoms with Crippen molar-refractivity contribution in [2.75, 3.05) is 5.43 Å². The molecule has 114 valence electrons. The van der Waals surface area contributed by atoms with Gasteiger partial charge in [0.05, 0.1) is 15.9 Å². The van der Waals surface area contributed by atoms with E-state index in [1.54, 1.807) is 0 Å². The summed E-state index contributed by atoms with van der Waals surface area (Å²) in [5.74, 6) is 0. The van der Waals surface area contributed by atoms with Gasteiger partial charge in [-0.3, -0.25) is 25.7 Å². The number of nitrogens with one attached hydrogen (secondary N) is 1. The molecule has 1 rings (SSSR count). The molecule has 0 saturated carbocycles. The van der Waals surface area contributed by atoms with Gasteiger partial charge in [-0.1, -0.05) is 6.92 Å². The maximum Gasteiger partial charge on any atom is 0.431 e. The van der Waals surface area contributed by atoms with Crippen LogP contribution in [-0.4, -0.2) is 21.7 Å². The molecule has 0 atom stereocenters. The standard InChI is InChI=1S/C10H9F3N4O4/c1-2-9(10(11,12)13)15-14-7-4-3-6(16(18)19)5-8(7)17(20)21/h3-5,14H,2H2,1H3. The van der Waals surface area contributed by atoms with E-state index in [4.69, 9.17) is 0 Å². The van der Waals surface area contributed by atoms with Crippen molar-refractivity contribution in [2.45, 2.75) is 19.5 Å². The van der Waals surface area contributed by atoms with Crippen molar-refractivity contribution in [3.8, 4) is 0 Å². The summed E-state index contributed by atoms with van der Waals surface area (Å²) in [5, 5.41) is 24.4. The Kier molecular flexibility index (Phi) is 4.79. The Morgan fingerprint density at radius 3 is 2.33 bits per heavy atom. The van der Waals surface area contributed by atoms with Gasteiger partial charge in [-0.2, -0.15) is 18.3 Å². The number of halogens is 3. The summed E-state index contributed by atoms with van der Waals surface area (Å²) in [6, 6.07) is 2.48. The summed E-state index contributed by atoms with van der Waals surface area (Å²) in [6.45, 7) is 1.22. The van der Waals surface area contributed by atoms with E-state index in [0.29, 0.717) is 6.07 Å². The quantitative estimate of drug-likeness (QED) is 0.510. The van der Waals surface area contributed by atoms with Gasteiger partial charge in [0.2, 0.25) is 0 Å². The Labute approximate surface area is 115 Å². The van der Waals surface area contributed by atoms with E-state index in [-0.39, 0.29) is 5.69 Å². The van der Waals surface area contributed by atoms with E-state index in [1.807, 2.05) is 5.43 Å². The highest BCUT2D eigenvalue weighted by Crippen LogP contribution is 2.29. The summed E-state index contributed by atoms with van der Waals surface area (Å²) < 4.78 is 37.4. The van der Waals surface area contributed by atoms with Crippen molar-refractivity contribution in [3.63, 3.8) is 0 Å². The zero-order valence-electron chi connectivity index (χ0n) is 10.5. The molecule has 0 bridgehead atoms. The van der Waals surface area contributed by atoms with Crippen LogP contribution in [0.25, 0.3) is 0 Å². The maximum atomic E-state index is 12.5. The van der Waals surface area contributed by atoms with Crippen molar-refractivity contribution < 1.29 is 23.0 Å². The number of alkyl halides is 3. The zero-order chi connectivity index (χ0) is 16.2. The minimum absolute atomic E-state index is 0.374. The van der Waals surface area contributed by atoms with Crippen LogP contribution in [0.3, 0.4) is 0 Å². The molecule has 0 fully saturated rings. The third-order valence-corrected chi connectivity index (χ3v) is 2.36. The average molecular weight is 306 g/mol. The number of nitrogens with zero attached hydrogens (tertiary/aromatic N) is 3. The number of anilines is 1. The minimum atomic E-state index is -4.67. The molecule has 0 spiro atoms. The van der Waals surface area contributed by atoms with Crippen LogP contribution in [0.15, 0.2) is 23.3 Å². The molecule has 1 aromatic carbocycles. The van der Waals surface area contributed by atoms with Crippen LogP contribution in [0, 0.1) is 20.2 Å². The number of nitro groups is 2. The van der Waals surface area contributed by atoms with Gasteiger partial charge < -0.3 is 0 Å². The Hall–Kier alpha value is -2.72. The van der Waals surface area contributed by atoms with Crippen molar-refractivity contribution in [2.24, 2.45) is 5.10 Å². The Bertz CT molecular complexity index is 600. The first-order chi connectivity index (χ1) is 9.66. The lowest BCUT2D eigenvalue weighted by atomic mass is 10.2. The monoisotopic (exact) mass is 306 g/mol. The van der Waals surface area contributed by atoms with E-state index in [0.717, 1.165) is 12.1 Å². The molecule has 0 aliphatic carbocycles. The van der Waals surface area contributed by atoms with Crippen LogP contribution >= 0.6 is 0 Å². The summed E-state index contributed by atoms with van der Waals surface area (Å²) in [6.07, 6.45) is -5.10. The van der Waals surface area contributed by atoms with E-state index in [1.165, 1.54) is 6.92 Å². The molecule has 0 aromatic heterocycles. The van der Waals surface area contributed by atoms with E-state index in [2.05, 4.69) is 5.10 Å². The number of hydrazone groups is 1. The predicted molar refractivity (Wildman–Crippen MR) is 67.2 cm³/mol. The Morgan fingerprint density at radius 2 is 1.90 bits per heavy atom. The number of hydrogen-bond acceptors (Lipinski definition) is 6. The SMILES string of the molecule is CCC(=NNc1ccc([N+](=O)[O-])cc1[N+](=O)[O-])C(F)(F)F. The molecule has 0 saturated heterocycles. The van der Waals surface area contributed by atoms with Crippen molar-refractivity contribution in [3.05, 3.63) is 38.4 Å². The molecule has 0 aliphatic heterocycles. The molecule has 0 radical (unpaired) electrons. The highest BCUT2D eigenvalue weighted by Gasteiger charge is 2.34. The molecule has 0 heterocycles. The molecule has 0 aliphatic rings. The molecular formula is C10H9F3N4O4. The number of benzene rings is 1. The van der Waals surface area contributed by atoms with Gasteiger partial charge in [0.1, 0.15) is 11.4 Å². The Morgan fingerprint density at radius 1 is 1.29 bits per heavy atom. The lowest BCUT2D eigenvalue weighted by molar-refractivity contribution is -0.393. The largest absolute Gasteiger partial charge is 0.431 e. The number of rotatable bonds is 5. The van der Waals surface area contributed by atoms with Gasteiger partial charge in [-0.25, -0.2) is 0 Å². The lowest BCUT2D eigenvalue weighted by Crippen LogP contribution is -2.23. The fourth-order valence-corrected chi connectivity index (χ4v) is 1.35. The van der Waals surface area contributed by atoms with Gasteiger partial charge in [0.25, 0.3) is 5.69 Å². The fraction of sp³-hybridized carbons (Fsp3) is 0.300. The summed E-state index contributed by atoms with van der Waals surface area (Å²) in [7, 11) is 0. The average Bonchev–Trinajstić information content (AvgIpc) is 2.37. The second-order valence-electron chi connectivity index (χ2n) is 3.74. The van der Waals surface area contributed by atoms with Crippen molar-refractivity contribution in [1.29, 1.82) is 0 Å². The zero-order valence-corrected chi connectivity index (χ0v) is 10.5. The van der Waals surface area contributed by atoms with Gasteiger partial charge in [-0.05, 0) is 12.5 Å². The van der Waals surface area contributed by atoms with Crippen molar-refractivity contribution in [1.82, 2.24) is 0 Å². The summed E-state index contributed by atoms with van der Waals surface area (Å²) in [5.41, 5.74) is -0.907. The van der Waals surface area contributed by atoms with E-state index in [9.17, 15) is 33.4 Å². The van der Waals surface area contributed by atoms with Gasteiger partial charge in [0, 0.05) is 6.07 Å². The predicted octanol–water partition coefficient (Wildman–Crippen LogP) is 3.24. The lowest BCUT2D eigenvalue weighted by Gasteiger charge is -2.09. The highest BCUT2D eigenvalue weighted by molar-refractivity contribution is 5.90. The number of hydrogen-bond donors (Lipinski definition) is 1. The number of nitro benzene ring substituents is 2. The van der Waals surface area contributed by atoms with Gasteiger partial charge in [-0.15, -0.1) is 0 Å². The molecule has 11 heteroatoms. The molecule has 21 heavy (non-hydrogen) atoms. The first kappa shape index (κ1) is 16.3. The third kappa shape index (κ3) is 4.12. The van der Waals surface area contributed by atoms with Crippen molar-refractivity contribution >= 4 is 22.8 Å². The van der Waals surface area contributed by atoms with Gasteiger partial charge in [0.15, 0.2) is 0 Å². The molecule has 8 nitrogen and oxygen atoms in total. The second-order valence-corrected chi connectivity index (χ2v) is 3.74. The molecule has 0 unspecified atom stereocenters.